The van der Waals surface area contributed by atoms with E-state index in [-0.39, 0.29) is 17.1 Å². The first-order valence-corrected chi connectivity index (χ1v) is 8.02. The van der Waals surface area contributed by atoms with Gasteiger partial charge in [0.05, 0.1) is 6.54 Å². The Balaban J connectivity index is 1.67. The molecule has 0 bridgehead atoms. The van der Waals surface area contributed by atoms with E-state index in [0.29, 0.717) is 11.6 Å². The zero-order valence-corrected chi connectivity index (χ0v) is 14.2. The summed E-state index contributed by atoms with van der Waals surface area (Å²) in [6, 6.07) is 15.0. The number of rotatable bonds is 6. The van der Waals surface area contributed by atoms with Gasteiger partial charge in [-0.25, -0.2) is 0 Å². The van der Waals surface area contributed by atoms with Crippen molar-refractivity contribution in [3.8, 4) is 5.75 Å². The second-order valence-corrected chi connectivity index (χ2v) is 5.77. The molecule has 0 aliphatic heterocycles. The van der Waals surface area contributed by atoms with E-state index in [2.05, 4.69) is 15.2 Å². The molecule has 1 amide bonds. The number of hydrogen-bond acceptors (Lipinski definition) is 3. The van der Waals surface area contributed by atoms with E-state index in [4.69, 9.17) is 11.6 Å². The molecule has 0 spiro atoms. The largest absolute Gasteiger partial charge is 0.435 e. The number of nitrogens with zero attached hydrogens (tertiary/aromatic N) is 2. The molecule has 1 aromatic heterocycles. The summed E-state index contributed by atoms with van der Waals surface area (Å²) >= 11 is 6.12. The van der Waals surface area contributed by atoms with Crippen molar-refractivity contribution in [2.45, 2.75) is 13.2 Å². The summed E-state index contributed by atoms with van der Waals surface area (Å²) in [7, 11) is 0. The molecular formula is C18H14ClF2N3O2. The minimum Gasteiger partial charge on any atom is -0.435 e. The zero-order chi connectivity index (χ0) is 18.5. The van der Waals surface area contributed by atoms with Crippen LogP contribution >= 0.6 is 11.6 Å². The van der Waals surface area contributed by atoms with Crippen LogP contribution in [0.25, 0.3) is 0 Å². The van der Waals surface area contributed by atoms with E-state index in [0.717, 1.165) is 5.56 Å². The van der Waals surface area contributed by atoms with Crippen molar-refractivity contribution in [2.75, 3.05) is 5.32 Å². The SMILES string of the molecule is O=C(Nc1nn(Cc2ccccc2)cc1Cl)c1ccc(OC(F)F)cc1. The van der Waals surface area contributed by atoms with Crippen molar-refractivity contribution in [3.63, 3.8) is 0 Å². The van der Waals surface area contributed by atoms with Crippen LogP contribution in [0.3, 0.4) is 0 Å². The molecule has 5 nitrogen and oxygen atoms in total. The first-order chi connectivity index (χ1) is 12.5. The molecule has 0 aliphatic rings. The minimum atomic E-state index is -2.91. The lowest BCUT2D eigenvalue weighted by Crippen LogP contribution is -2.13. The Labute approximate surface area is 153 Å². The first kappa shape index (κ1) is 17.9. The fourth-order valence-electron chi connectivity index (χ4n) is 2.30. The molecule has 3 rings (SSSR count). The third kappa shape index (κ3) is 4.58. The van der Waals surface area contributed by atoms with Gasteiger partial charge in [-0.3, -0.25) is 9.48 Å². The van der Waals surface area contributed by atoms with Gasteiger partial charge in [0.2, 0.25) is 0 Å². The Morgan fingerprint density at radius 2 is 1.85 bits per heavy atom. The fraction of sp³-hybridized carbons (Fsp3) is 0.111. The van der Waals surface area contributed by atoms with E-state index in [1.54, 1.807) is 10.9 Å². The summed E-state index contributed by atoms with van der Waals surface area (Å²) in [4.78, 5) is 12.3. The molecule has 8 heteroatoms. The quantitative estimate of drug-likeness (QED) is 0.691. The Hall–Kier alpha value is -2.93. The Morgan fingerprint density at radius 1 is 1.15 bits per heavy atom. The molecule has 0 radical (unpaired) electrons. The molecule has 0 fully saturated rings. The van der Waals surface area contributed by atoms with Gasteiger partial charge in [0, 0.05) is 11.8 Å². The van der Waals surface area contributed by atoms with Crippen molar-refractivity contribution in [3.05, 3.63) is 76.9 Å². The number of nitrogens with one attached hydrogen (secondary N) is 1. The number of ether oxygens (including phenoxy) is 1. The average molecular weight is 378 g/mol. The van der Waals surface area contributed by atoms with E-state index in [1.165, 1.54) is 24.3 Å². The number of hydrogen-bond donors (Lipinski definition) is 1. The zero-order valence-electron chi connectivity index (χ0n) is 13.4. The summed E-state index contributed by atoms with van der Waals surface area (Å²) in [6.45, 7) is -2.40. The van der Waals surface area contributed by atoms with E-state index >= 15 is 0 Å². The maximum absolute atomic E-state index is 12.3. The second kappa shape index (κ2) is 7.97. The number of carbonyl (C=O) groups is 1. The van der Waals surface area contributed by atoms with Gasteiger partial charge in [0.1, 0.15) is 10.8 Å². The van der Waals surface area contributed by atoms with Gasteiger partial charge in [-0.2, -0.15) is 13.9 Å². The predicted molar refractivity (Wildman–Crippen MR) is 93.8 cm³/mol. The summed E-state index contributed by atoms with van der Waals surface area (Å²) < 4.78 is 30.1. The molecule has 0 aliphatic carbocycles. The Morgan fingerprint density at radius 3 is 2.50 bits per heavy atom. The van der Waals surface area contributed by atoms with Crippen molar-refractivity contribution in [1.82, 2.24) is 9.78 Å². The summed E-state index contributed by atoms with van der Waals surface area (Å²) in [6.07, 6.45) is 1.61. The van der Waals surface area contributed by atoms with Crippen LogP contribution < -0.4 is 10.1 Å². The first-order valence-electron chi connectivity index (χ1n) is 7.64. The number of benzene rings is 2. The van der Waals surface area contributed by atoms with E-state index in [9.17, 15) is 13.6 Å². The van der Waals surface area contributed by atoms with Crippen LogP contribution in [0.2, 0.25) is 5.02 Å². The predicted octanol–water partition coefficient (Wildman–Crippen LogP) is 4.44. The lowest BCUT2D eigenvalue weighted by atomic mass is 10.2. The third-order valence-electron chi connectivity index (χ3n) is 3.48. The monoisotopic (exact) mass is 377 g/mol. The number of halogens is 3. The highest BCUT2D eigenvalue weighted by Crippen LogP contribution is 2.21. The van der Waals surface area contributed by atoms with Crippen molar-refractivity contribution in [2.24, 2.45) is 0 Å². The van der Waals surface area contributed by atoms with Gasteiger partial charge >= 0.3 is 6.61 Å². The minimum absolute atomic E-state index is 0.0262. The molecule has 2 aromatic carbocycles. The smallest absolute Gasteiger partial charge is 0.387 e. The standard InChI is InChI=1S/C18H14ClF2N3O2/c19-15-11-24(10-12-4-2-1-3-5-12)23-16(15)22-17(25)13-6-8-14(9-7-13)26-18(20)21/h1-9,11,18H,10H2,(H,22,23,25). The highest BCUT2D eigenvalue weighted by molar-refractivity contribution is 6.33. The number of amides is 1. The van der Waals surface area contributed by atoms with Gasteiger partial charge < -0.3 is 10.1 Å². The van der Waals surface area contributed by atoms with Gasteiger partial charge in [0.15, 0.2) is 5.82 Å². The number of alkyl halides is 2. The van der Waals surface area contributed by atoms with Crippen molar-refractivity contribution < 1.29 is 18.3 Å². The average Bonchev–Trinajstić information content (AvgIpc) is 2.95. The Bertz CT molecular complexity index is 883. The van der Waals surface area contributed by atoms with Gasteiger partial charge in [-0.15, -0.1) is 0 Å². The molecule has 1 N–H and O–H groups in total. The lowest BCUT2D eigenvalue weighted by Gasteiger charge is -2.06. The van der Waals surface area contributed by atoms with Crippen LogP contribution in [0.1, 0.15) is 15.9 Å². The third-order valence-corrected chi connectivity index (χ3v) is 3.75. The van der Waals surface area contributed by atoms with Gasteiger partial charge in [0.25, 0.3) is 5.91 Å². The Kier molecular flexibility index (Phi) is 5.48. The maximum Gasteiger partial charge on any atom is 0.387 e. The fourth-order valence-corrected chi connectivity index (χ4v) is 2.50. The summed E-state index contributed by atoms with van der Waals surface area (Å²) in [5, 5.41) is 7.16. The molecule has 0 saturated heterocycles. The van der Waals surface area contributed by atoms with Gasteiger partial charge in [-0.05, 0) is 29.8 Å². The van der Waals surface area contributed by atoms with Crippen LogP contribution in [0.5, 0.6) is 5.75 Å². The second-order valence-electron chi connectivity index (χ2n) is 5.37. The highest BCUT2D eigenvalue weighted by Gasteiger charge is 2.13. The van der Waals surface area contributed by atoms with Crippen molar-refractivity contribution >= 4 is 23.3 Å². The maximum atomic E-state index is 12.3. The van der Waals surface area contributed by atoms with Crippen LogP contribution in [0.15, 0.2) is 60.8 Å². The number of carbonyl (C=O) groups excluding carboxylic acids is 1. The van der Waals surface area contributed by atoms with Crippen LogP contribution in [0.4, 0.5) is 14.6 Å². The highest BCUT2D eigenvalue weighted by atomic mass is 35.5. The summed E-state index contributed by atoms with van der Waals surface area (Å²) in [5.41, 5.74) is 1.31. The lowest BCUT2D eigenvalue weighted by molar-refractivity contribution is -0.0498. The van der Waals surface area contributed by atoms with E-state index < -0.39 is 12.5 Å². The normalized spacial score (nSPS) is 10.8. The molecular weight excluding hydrogens is 364 g/mol. The molecule has 134 valence electrons. The molecule has 26 heavy (non-hydrogen) atoms. The summed E-state index contributed by atoms with van der Waals surface area (Å²) in [5.74, 6) is -0.261. The van der Waals surface area contributed by atoms with Crippen LogP contribution in [0, 0.1) is 0 Å². The molecule has 0 saturated carbocycles. The number of aromatic nitrogens is 2. The molecule has 1 heterocycles. The van der Waals surface area contributed by atoms with Crippen LogP contribution in [-0.2, 0) is 6.54 Å². The van der Waals surface area contributed by atoms with E-state index in [1.807, 2.05) is 30.3 Å². The topological polar surface area (TPSA) is 56.2 Å². The molecule has 0 atom stereocenters. The van der Waals surface area contributed by atoms with Crippen molar-refractivity contribution in [1.29, 1.82) is 0 Å². The van der Waals surface area contributed by atoms with Crippen LogP contribution in [-0.4, -0.2) is 22.3 Å². The molecule has 3 aromatic rings. The molecule has 0 unspecified atom stereocenters. The number of anilines is 1. The van der Waals surface area contributed by atoms with Gasteiger partial charge in [-0.1, -0.05) is 41.9 Å².